The molecule has 1 N–H and O–H groups in total. The first-order valence-electron chi connectivity index (χ1n) is 10.1. The molecule has 32 heavy (non-hydrogen) atoms. The number of para-hydroxylation sites is 1. The summed E-state index contributed by atoms with van der Waals surface area (Å²) in [4.78, 5) is 27.1. The zero-order chi connectivity index (χ0) is 23.3. The minimum Gasteiger partial charge on any atom is -0.493 e. The minimum atomic E-state index is -3.96. The number of carbonyl (C=O) groups excluding carboxylic acids is 2. The third kappa shape index (κ3) is 5.03. The fourth-order valence-corrected chi connectivity index (χ4v) is 4.65. The molecule has 9 nitrogen and oxygen atoms in total. The monoisotopic (exact) mass is 461 g/mol. The predicted octanol–water partition coefficient (Wildman–Crippen LogP) is 2.20. The Hall–Kier alpha value is -3.11. The first-order valence-corrected chi connectivity index (χ1v) is 11.6. The molecule has 0 atom stereocenters. The Kier molecular flexibility index (Phi) is 7.37. The maximum Gasteiger partial charge on any atom is 0.255 e. The van der Waals surface area contributed by atoms with Gasteiger partial charge in [0.1, 0.15) is 0 Å². The van der Waals surface area contributed by atoms with Crippen molar-refractivity contribution in [2.24, 2.45) is 0 Å². The highest BCUT2D eigenvalue weighted by atomic mass is 32.2. The molecule has 0 saturated carbocycles. The lowest BCUT2D eigenvalue weighted by Gasteiger charge is -2.20. The number of rotatable bonds is 8. The van der Waals surface area contributed by atoms with Crippen molar-refractivity contribution in [3.63, 3.8) is 0 Å². The average Bonchev–Trinajstić information content (AvgIpc) is 3.33. The van der Waals surface area contributed by atoms with Crippen LogP contribution in [0.15, 0.2) is 47.4 Å². The van der Waals surface area contributed by atoms with Gasteiger partial charge in [-0.1, -0.05) is 12.1 Å². The van der Waals surface area contributed by atoms with Gasteiger partial charge in [0.15, 0.2) is 11.5 Å². The molecule has 0 aliphatic carbocycles. The van der Waals surface area contributed by atoms with Crippen LogP contribution in [0.1, 0.15) is 23.2 Å². The standard InChI is InChI=1S/C22H27N3O6S/c1-24(32(28,29)16-10-11-19(30-2)20(14-16)31-3)15-21(26)23-18-9-5-4-8-17(18)22(27)25-12-6-7-13-25/h4-5,8-11,14H,6-7,12-13,15H2,1-3H3,(H,23,26). The van der Waals surface area contributed by atoms with Crippen LogP contribution in [0.25, 0.3) is 0 Å². The number of benzene rings is 2. The smallest absolute Gasteiger partial charge is 0.255 e. The van der Waals surface area contributed by atoms with Crippen LogP contribution < -0.4 is 14.8 Å². The van der Waals surface area contributed by atoms with Crippen molar-refractivity contribution in [3.8, 4) is 11.5 Å². The Bertz CT molecular complexity index is 1100. The Morgan fingerprint density at radius 2 is 1.69 bits per heavy atom. The molecule has 0 bridgehead atoms. The number of amides is 2. The van der Waals surface area contributed by atoms with Gasteiger partial charge in [-0.15, -0.1) is 0 Å². The van der Waals surface area contributed by atoms with Crippen molar-refractivity contribution in [1.29, 1.82) is 0 Å². The van der Waals surface area contributed by atoms with Crippen LogP contribution >= 0.6 is 0 Å². The number of hydrogen-bond acceptors (Lipinski definition) is 6. The van der Waals surface area contributed by atoms with Gasteiger partial charge in [-0.2, -0.15) is 4.31 Å². The molecule has 10 heteroatoms. The van der Waals surface area contributed by atoms with Gasteiger partial charge in [-0.3, -0.25) is 9.59 Å². The molecule has 2 aromatic carbocycles. The molecule has 2 amide bonds. The molecule has 0 aromatic heterocycles. The lowest BCUT2D eigenvalue weighted by molar-refractivity contribution is -0.116. The van der Waals surface area contributed by atoms with Crippen LogP contribution in [-0.4, -0.2) is 70.3 Å². The maximum atomic E-state index is 12.9. The Morgan fingerprint density at radius 3 is 2.34 bits per heavy atom. The van der Waals surface area contributed by atoms with Crippen molar-refractivity contribution >= 4 is 27.5 Å². The Labute approximate surface area is 188 Å². The molecule has 0 spiro atoms. The normalized spacial score (nSPS) is 13.8. The fourth-order valence-electron chi connectivity index (χ4n) is 3.50. The van der Waals surface area contributed by atoms with E-state index < -0.39 is 22.5 Å². The largest absolute Gasteiger partial charge is 0.493 e. The van der Waals surface area contributed by atoms with Crippen LogP contribution in [0.5, 0.6) is 11.5 Å². The summed E-state index contributed by atoms with van der Waals surface area (Å²) in [6.45, 7) is 0.948. The van der Waals surface area contributed by atoms with Gasteiger partial charge >= 0.3 is 0 Å². The van der Waals surface area contributed by atoms with Gasteiger partial charge in [0, 0.05) is 26.2 Å². The van der Waals surface area contributed by atoms with Gasteiger partial charge in [0.2, 0.25) is 15.9 Å². The number of likely N-dealkylation sites (tertiary alicyclic amines) is 1. The topological polar surface area (TPSA) is 105 Å². The van der Waals surface area contributed by atoms with E-state index >= 15 is 0 Å². The van der Waals surface area contributed by atoms with E-state index in [1.165, 1.54) is 39.5 Å². The van der Waals surface area contributed by atoms with Gasteiger partial charge in [0.05, 0.1) is 36.9 Å². The van der Waals surface area contributed by atoms with Crippen LogP contribution in [0, 0.1) is 0 Å². The lowest BCUT2D eigenvalue weighted by Crippen LogP contribution is -2.35. The summed E-state index contributed by atoms with van der Waals surface area (Å²) in [6.07, 6.45) is 1.91. The van der Waals surface area contributed by atoms with E-state index in [4.69, 9.17) is 9.47 Å². The lowest BCUT2D eigenvalue weighted by atomic mass is 10.1. The molecule has 3 rings (SSSR count). The van der Waals surface area contributed by atoms with Crippen molar-refractivity contribution < 1.29 is 27.5 Å². The minimum absolute atomic E-state index is 0.0324. The molecule has 2 aromatic rings. The maximum absolute atomic E-state index is 12.9. The number of nitrogens with zero attached hydrogens (tertiary/aromatic N) is 2. The number of ether oxygens (including phenoxy) is 2. The molecule has 0 unspecified atom stereocenters. The summed E-state index contributed by atoms with van der Waals surface area (Å²) in [6, 6.07) is 10.9. The number of likely N-dealkylation sites (N-methyl/N-ethyl adjacent to an activating group) is 1. The van der Waals surface area contributed by atoms with Crippen LogP contribution in [0.2, 0.25) is 0 Å². The van der Waals surface area contributed by atoms with E-state index in [9.17, 15) is 18.0 Å². The van der Waals surface area contributed by atoms with E-state index in [1.807, 2.05) is 0 Å². The first kappa shape index (κ1) is 23.6. The summed E-state index contributed by atoms with van der Waals surface area (Å²) in [5.74, 6) is -0.0465. The number of methoxy groups -OCH3 is 2. The second-order valence-corrected chi connectivity index (χ2v) is 9.42. The first-order chi connectivity index (χ1) is 15.3. The molecule has 1 aliphatic heterocycles. The summed E-state index contributed by atoms with van der Waals surface area (Å²) in [7, 11) is 0.213. The molecular weight excluding hydrogens is 434 g/mol. The molecule has 172 valence electrons. The van der Waals surface area contributed by atoms with Crippen molar-refractivity contribution in [1.82, 2.24) is 9.21 Å². The number of anilines is 1. The number of sulfonamides is 1. The summed E-state index contributed by atoms with van der Waals surface area (Å²) >= 11 is 0. The second-order valence-electron chi connectivity index (χ2n) is 7.37. The molecular formula is C22H27N3O6S. The van der Waals surface area contributed by atoms with E-state index in [-0.39, 0.29) is 16.6 Å². The van der Waals surface area contributed by atoms with Crippen LogP contribution in [-0.2, 0) is 14.8 Å². The fraction of sp³-hybridized carbons (Fsp3) is 0.364. The van der Waals surface area contributed by atoms with Gasteiger partial charge in [0.25, 0.3) is 5.91 Å². The van der Waals surface area contributed by atoms with E-state index in [1.54, 1.807) is 29.2 Å². The number of nitrogens with one attached hydrogen (secondary N) is 1. The summed E-state index contributed by atoms with van der Waals surface area (Å²) in [5.41, 5.74) is 0.736. The zero-order valence-corrected chi connectivity index (χ0v) is 19.1. The second kappa shape index (κ2) is 10.0. The van der Waals surface area contributed by atoms with Crippen LogP contribution in [0.4, 0.5) is 5.69 Å². The van der Waals surface area contributed by atoms with Gasteiger partial charge in [-0.05, 0) is 37.1 Å². The molecule has 1 aliphatic rings. The van der Waals surface area contributed by atoms with Crippen LogP contribution in [0.3, 0.4) is 0 Å². The summed E-state index contributed by atoms with van der Waals surface area (Å²) in [5, 5.41) is 2.67. The zero-order valence-electron chi connectivity index (χ0n) is 18.3. The van der Waals surface area contributed by atoms with Crippen molar-refractivity contribution in [3.05, 3.63) is 48.0 Å². The molecule has 0 radical (unpaired) electrons. The Morgan fingerprint density at radius 1 is 1.03 bits per heavy atom. The SMILES string of the molecule is COc1ccc(S(=O)(=O)N(C)CC(=O)Nc2ccccc2C(=O)N2CCCC2)cc1OC. The van der Waals surface area contributed by atoms with Gasteiger partial charge < -0.3 is 19.7 Å². The highest BCUT2D eigenvalue weighted by molar-refractivity contribution is 7.89. The van der Waals surface area contributed by atoms with E-state index in [0.717, 1.165) is 17.1 Å². The number of carbonyl (C=O) groups is 2. The van der Waals surface area contributed by atoms with Crippen molar-refractivity contribution in [2.45, 2.75) is 17.7 Å². The Balaban J connectivity index is 1.73. The summed E-state index contributed by atoms with van der Waals surface area (Å²) < 4.78 is 37.1. The molecule has 1 fully saturated rings. The van der Waals surface area contributed by atoms with E-state index in [0.29, 0.717) is 30.1 Å². The van der Waals surface area contributed by atoms with E-state index in [2.05, 4.69) is 5.32 Å². The molecule has 1 saturated heterocycles. The quantitative estimate of drug-likeness (QED) is 0.646. The van der Waals surface area contributed by atoms with Gasteiger partial charge in [-0.25, -0.2) is 8.42 Å². The van der Waals surface area contributed by atoms with Crippen molar-refractivity contribution in [2.75, 3.05) is 46.2 Å². The third-order valence-corrected chi connectivity index (χ3v) is 7.05. The average molecular weight is 462 g/mol. The highest BCUT2D eigenvalue weighted by Crippen LogP contribution is 2.30. The predicted molar refractivity (Wildman–Crippen MR) is 120 cm³/mol. The molecule has 1 heterocycles. The highest BCUT2D eigenvalue weighted by Gasteiger charge is 2.26. The third-order valence-electron chi connectivity index (χ3n) is 5.25. The number of hydrogen-bond donors (Lipinski definition) is 1.